The maximum absolute atomic E-state index is 13.5. The van der Waals surface area contributed by atoms with E-state index < -0.39 is 10.8 Å². The fraction of sp³-hybridized carbons (Fsp3) is 0.857. The van der Waals surface area contributed by atoms with Gasteiger partial charge in [-0.1, -0.05) is 54.9 Å². The van der Waals surface area contributed by atoms with Crippen LogP contribution in [-0.4, -0.2) is 29.2 Å². The van der Waals surface area contributed by atoms with Crippen molar-refractivity contribution in [3.05, 3.63) is 7.43 Å². The summed E-state index contributed by atoms with van der Waals surface area (Å²) >= 11 is 0. The van der Waals surface area contributed by atoms with Crippen LogP contribution in [0.2, 0.25) is 0 Å². The van der Waals surface area contributed by atoms with Gasteiger partial charge in [0.2, 0.25) is 5.91 Å². The van der Waals surface area contributed by atoms with Crippen LogP contribution in [0.25, 0.3) is 0 Å². The minimum absolute atomic E-state index is 0. The number of amides is 1. The second-order valence-electron chi connectivity index (χ2n) is 8.85. The Morgan fingerprint density at radius 2 is 1.36 bits per heavy atom. The summed E-state index contributed by atoms with van der Waals surface area (Å²) in [6.07, 6.45) is 3.41. The predicted octanol–water partition coefficient (Wildman–Crippen LogP) is 4.90. The zero-order chi connectivity index (χ0) is 18.2. The summed E-state index contributed by atoms with van der Waals surface area (Å²) in [7, 11) is 0. The summed E-state index contributed by atoms with van der Waals surface area (Å²) in [6, 6.07) is 0.468. The third-order valence-electron chi connectivity index (χ3n) is 6.70. The fourth-order valence-electron chi connectivity index (χ4n) is 4.28. The molecule has 0 aromatic heterocycles. The van der Waals surface area contributed by atoms with E-state index in [-0.39, 0.29) is 58.1 Å². The molecule has 145 valence electrons. The molecule has 0 aliphatic carbocycles. The van der Waals surface area contributed by atoms with E-state index in [9.17, 15) is 9.59 Å². The van der Waals surface area contributed by atoms with E-state index in [0.717, 1.165) is 6.42 Å². The zero-order valence-electron chi connectivity index (χ0n) is 18.1. The Morgan fingerprint density at radius 1 is 0.960 bits per heavy atom. The summed E-state index contributed by atoms with van der Waals surface area (Å²) in [4.78, 5) is 26.8. The summed E-state index contributed by atoms with van der Waals surface area (Å²) < 4.78 is 0. The molecule has 3 nitrogen and oxygen atoms in total. The van der Waals surface area contributed by atoms with Gasteiger partial charge in [-0.05, 0) is 38.0 Å². The monoisotopic (exact) mass is 426 g/mol. The van der Waals surface area contributed by atoms with E-state index in [1.807, 2.05) is 27.7 Å². The first-order chi connectivity index (χ1) is 10.4. The van der Waals surface area contributed by atoms with Gasteiger partial charge >= 0.3 is 0 Å². The molecule has 0 spiro atoms. The molecule has 1 heterocycles. The number of rotatable bonds is 5. The fourth-order valence-corrected chi connectivity index (χ4v) is 4.28. The maximum atomic E-state index is 13.5. The zero-order valence-corrected chi connectivity index (χ0v) is 21.0. The van der Waals surface area contributed by atoms with Crippen molar-refractivity contribution in [2.24, 2.45) is 28.6 Å². The quantitative estimate of drug-likeness (QED) is 0.586. The average Bonchev–Trinajstić information content (AvgIpc) is 2.50. The van der Waals surface area contributed by atoms with Gasteiger partial charge in [-0.3, -0.25) is 11.1 Å². The molecule has 1 fully saturated rings. The molecular formula is C21H39NO2Y-2. The number of piperidine rings is 1. The van der Waals surface area contributed by atoms with Crippen molar-refractivity contribution in [1.29, 1.82) is 0 Å². The van der Waals surface area contributed by atoms with E-state index in [4.69, 9.17) is 0 Å². The molecule has 25 heavy (non-hydrogen) atoms. The van der Waals surface area contributed by atoms with Gasteiger partial charge in [0.1, 0.15) is 0 Å². The summed E-state index contributed by atoms with van der Waals surface area (Å²) in [6.45, 7) is 19.0. The van der Waals surface area contributed by atoms with E-state index in [1.165, 1.54) is 0 Å². The number of carbonyl (C=O) groups is 1. The number of likely N-dealkylation sites (tertiary alicyclic amines) is 1. The van der Waals surface area contributed by atoms with Crippen molar-refractivity contribution < 1.29 is 42.3 Å². The standard InChI is InChI=1S/C20H36NO2.CH3.Y/c1-10-20(9,11-19(7,8)12-22)18(23)21-16(5)14(3)13(2)15(4)17(21)6;;/h13-17H,10-11H2,1-9H3;1H3;/q2*-1;. The van der Waals surface area contributed by atoms with E-state index in [2.05, 4.69) is 45.8 Å². The molecule has 1 aliphatic heterocycles. The van der Waals surface area contributed by atoms with Crippen molar-refractivity contribution in [3.63, 3.8) is 0 Å². The van der Waals surface area contributed by atoms with Crippen LogP contribution in [0.5, 0.6) is 0 Å². The predicted molar refractivity (Wildman–Crippen MR) is 102 cm³/mol. The maximum Gasteiger partial charge on any atom is 0.228 e. The molecule has 5 atom stereocenters. The Labute approximate surface area is 182 Å². The van der Waals surface area contributed by atoms with Crippen LogP contribution in [0, 0.1) is 36.0 Å². The molecule has 0 aromatic rings. The molecule has 0 saturated carbocycles. The molecule has 1 saturated heterocycles. The molecule has 1 rings (SSSR count). The minimum Gasteiger partial charge on any atom is -0.541 e. The van der Waals surface area contributed by atoms with Crippen LogP contribution in [0.3, 0.4) is 0 Å². The molecule has 5 unspecified atom stereocenters. The molecular weight excluding hydrogens is 387 g/mol. The first kappa shape index (κ1) is 27.5. The second kappa shape index (κ2) is 9.97. The first-order valence-electron chi connectivity index (χ1n) is 9.14. The molecule has 1 amide bonds. The van der Waals surface area contributed by atoms with Gasteiger partial charge in [-0.25, -0.2) is 0 Å². The van der Waals surface area contributed by atoms with Gasteiger partial charge in [-0.15, -0.1) is 5.41 Å². The van der Waals surface area contributed by atoms with Crippen molar-refractivity contribution in [2.45, 2.75) is 87.2 Å². The van der Waals surface area contributed by atoms with Gasteiger partial charge < -0.3 is 17.1 Å². The van der Waals surface area contributed by atoms with E-state index >= 15 is 0 Å². The molecule has 0 aromatic carbocycles. The van der Waals surface area contributed by atoms with Crippen LogP contribution >= 0.6 is 0 Å². The van der Waals surface area contributed by atoms with Crippen molar-refractivity contribution >= 4 is 12.2 Å². The molecule has 1 aliphatic rings. The largest absolute Gasteiger partial charge is 0.541 e. The van der Waals surface area contributed by atoms with E-state index in [1.54, 1.807) is 0 Å². The van der Waals surface area contributed by atoms with Gasteiger partial charge in [0.15, 0.2) is 0 Å². The van der Waals surface area contributed by atoms with Crippen LogP contribution in [0.4, 0.5) is 0 Å². The van der Waals surface area contributed by atoms with Crippen molar-refractivity contribution in [3.8, 4) is 0 Å². The third kappa shape index (κ3) is 5.61. The SMILES string of the molecule is CCC(C)(CC(C)(C)[C-]=O)C(=O)N1C(C)C(C)C(C)C(C)C1C.[CH3-].[Y]. The summed E-state index contributed by atoms with van der Waals surface area (Å²) in [5, 5.41) is 0. The topological polar surface area (TPSA) is 37.4 Å². The van der Waals surface area contributed by atoms with Crippen LogP contribution < -0.4 is 0 Å². The smallest absolute Gasteiger partial charge is 0.228 e. The Morgan fingerprint density at radius 3 is 1.68 bits per heavy atom. The van der Waals surface area contributed by atoms with E-state index in [0.29, 0.717) is 24.2 Å². The number of hydrogen-bond donors (Lipinski definition) is 0. The Bertz CT molecular complexity index is 435. The number of carbonyl (C=O) groups excluding carboxylic acids is 2. The molecule has 0 N–H and O–H groups in total. The normalized spacial score (nSPS) is 32.0. The van der Waals surface area contributed by atoms with Gasteiger partial charge in [0.25, 0.3) is 0 Å². The Balaban J connectivity index is 0. The Kier molecular flexibility index (Phi) is 11.0. The third-order valence-corrected chi connectivity index (χ3v) is 6.70. The van der Waals surface area contributed by atoms with Gasteiger partial charge in [-0.2, -0.15) is 0 Å². The van der Waals surface area contributed by atoms with Gasteiger partial charge in [0, 0.05) is 50.2 Å². The number of hydrogen-bond acceptors (Lipinski definition) is 2. The van der Waals surface area contributed by atoms with Gasteiger partial charge in [0.05, 0.1) is 0 Å². The summed E-state index contributed by atoms with van der Waals surface area (Å²) in [5.41, 5.74) is -1.10. The average molecular weight is 426 g/mol. The van der Waals surface area contributed by atoms with Crippen LogP contribution in [0.15, 0.2) is 0 Å². The molecule has 1 radical (unpaired) electrons. The molecule has 4 heteroatoms. The summed E-state index contributed by atoms with van der Waals surface area (Å²) in [5.74, 6) is 1.78. The van der Waals surface area contributed by atoms with Crippen molar-refractivity contribution in [1.82, 2.24) is 4.90 Å². The second-order valence-corrected chi connectivity index (χ2v) is 8.85. The van der Waals surface area contributed by atoms with Crippen molar-refractivity contribution in [2.75, 3.05) is 0 Å². The first-order valence-corrected chi connectivity index (χ1v) is 9.14. The van der Waals surface area contributed by atoms with Crippen LogP contribution in [0.1, 0.15) is 75.2 Å². The Hall–Kier alpha value is 0.244. The number of nitrogens with zero attached hydrogens (tertiary/aromatic N) is 1. The van der Waals surface area contributed by atoms with Crippen LogP contribution in [-0.2, 0) is 42.3 Å². The minimum atomic E-state index is -0.590. The molecule has 0 bridgehead atoms.